The number of nitrogens with zero attached hydrogens (tertiary/aromatic N) is 1. The van der Waals surface area contributed by atoms with Gasteiger partial charge in [0.05, 0.1) is 5.69 Å². The summed E-state index contributed by atoms with van der Waals surface area (Å²) in [5.41, 5.74) is 17.5. The highest BCUT2D eigenvalue weighted by molar-refractivity contribution is 6.00. The minimum Gasteiger partial charge on any atom is -0.454 e. The highest BCUT2D eigenvalue weighted by atomic mass is 16.5. The summed E-state index contributed by atoms with van der Waals surface area (Å²) in [7, 11) is 0. The van der Waals surface area contributed by atoms with E-state index in [1.165, 1.54) is 33.4 Å². The third kappa shape index (κ3) is 5.02. The van der Waals surface area contributed by atoms with Crippen LogP contribution in [0.3, 0.4) is 0 Å². The van der Waals surface area contributed by atoms with E-state index in [0.717, 1.165) is 61.9 Å². The molecule has 2 nitrogen and oxygen atoms in total. The van der Waals surface area contributed by atoms with Crippen molar-refractivity contribution in [1.29, 1.82) is 0 Å². The molecule has 10 rings (SSSR count). The van der Waals surface area contributed by atoms with Crippen molar-refractivity contribution in [2.24, 2.45) is 0 Å². The first kappa shape index (κ1) is 31.1. The lowest BCUT2D eigenvalue weighted by Gasteiger charge is -2.30. The summed E-state index contributed by atoms with van der Waals surface area (Å²) in [6, 6.07) is 67.6. The van der Waals surface area contributed by atoms with Crippen molar-refractivity contribution in [3.05, 3.63) is 199 Å². The zero-order valence-electron chi connectivity index (χ0n) is 29.8. The van der Waals surface area contributed by atoms with Crippen molar-refractivity contribution < 1.29 is 4.74 Å². The lowest BCUT2D eigenvalue weighted by molar-refractivity contribution is 0.489. The SMILES string of the molecule is CC1(C)c2ccccc2-c2ccc(N(c3ccc(-c4ccccc4)cc3)c3cccc4c3Oc3cccc(-c5ccccc5)c3-c3ccccc3-4)cc21. The molecule has 0 amide bonds. The average Bonchev–Trinajstić information content (AvgIpc) is 3.34. The molecule has 0 saturated heterocycles. The van der Waals surface area contributed by atoms with E-state index in [1.54, 1.807) is 0 Å². The number of para-hydroxylation sites is 1. The van der Waals surface area contributed by atoms with E-state index in [1.807, 2.05) is 0 Å². The van der Waals surface area contributed by atoms with E-state index in [0.29, 0.717) is 0 Å². The van der Waals surface area contributed by atoms with Crippen molar-refractivity contribution >= 4 is 17.1 Å². The molecular weight excluding hydrogens is 643 g/mol. The zero-order chi connectivity index (χ0) is 35.5. The standard InChI is InChI=1S/C51H37NO/c1-51(2)45-24-12-11-20-41(45)42-32-31-38(33-46(42)51)52(37-29-27-35(28-30-37)34-15-5-3-6-16-34)47-25-13-23-44-40-19-9-10-21-43(40)49-39(36-17-7-4-8-18-36)22-14-26-48(49)53-50(44)47/h3-33H,1-2H3. The monoisotopic (exact) mass is 679 g/mol. The van der Waals surface area contributed by atoms with Crippen molar-refractivity contribution in [2.75, 3.05) is 4.90 Å². The Balaban J connectivity index is 1.20. The Labute approximate surface area is 311 Å². The van der Waals surface area contributed by atoms with Crippen LogP contribution in [-0.4, -0.2) is 0 Å². The summed E-state index contributed by atoms with van der Waals surface area (Å²) in [6.07, 6.45) is 0. The molecule has 0 N–H and O–H groups in total. The van der Waals surface area contributed by atoms with Crippen LogP contribution in [0.4, 0.5) is 17.1 Å². The Morgan fingerprint density at radius 2 is 0.962 bits per heavy atom. The molecule has 0 atom stereocenters. The summed E-state index contributed by atoms with van der Waals surface area (Å²) < 4.78 is 7.24. The quantitative estimate of drug-likeness (QED) is 0.180. The topological polar surface area (TPSA) is 12.5 Å². The van der Waals surface area contributed by atoms with Gasteiger partial charge in [-0.25, -0.2) is 0 Å². The Kier molecular flexibility index (Phi) is 7.19. The van der Waals surface area contributed by atoms with Gasteiger partial charge in [0, 0.05) is 27.9 Å². The molecule has 1 heterocycles. The van der Waals surface area contributed by atoms with E-state index in [9.17, 15) is 0 Å². The summed E-state index contributed by atoms with van der Waals surface area (Å²) in [4.78, 5) is 2.38. The molecule has 252 valence electrons. The maximum Gasteiger partial charge on any atom is 0.159 e. The molecule has 2 aliphatic rings. The van der Waals surface area contributed by atoms with Gasteiger partial charge in [0.15, 0.2) is 5.75 Å². The van der Waals surface area contributed by atoms with E-state index in [4.69, 9.17) is 4.74 Å². The predicted molar refractivity (Wildman–Crippen MR) is 221 cm³/mol. The van der Waals surface area contributed by atoms with Crippen LogP contribution in [0.15, 0.2) is 188 Å². The van der Waals surface area contributed by atoms with Crippen LogP contribution in [0, 0.1) is 0 Å². The maximum atomic E-state index is 7.24. The van der Waals surface area contributed by atoms with Gasteiger partial charge in [0.2, 0.25) is 0 Å². The summed E-state index contributed by atoms with van der Waals surface area (Å²) in [5, 5.41) is 0. The minimum atomic E-state index is -0.138. The second kappa shape index (κ2) is 12.3. The molecule has 8 aromatic carbocycles. The fourth-order valence-electron chi connectivity index (χ4n) is 8.51. The highest BCUT2D eigenvalue weighted by Crippen LogP contribution is 2.56. The molecule has 1 aliphatic carbocycles. The molecule has 0 bridgehead atoms. The van der Waals surface area contributed by atoms with Gasteiger partial charge >= 0.3 is 0 Å². The molecule has 53 heavy (non-hydrogen) atoms. The van der Waals surface area contributed by atoms with Crippen LogP contribution in [0.1, 0.15) is 25.0 Å². The van der Waals surface area contributed by atoms with Gasteiger partial charge < -0.3 is 9.64 Å². The van der Waals surface area contributed by atoms with Gasteiger partial charge in [-0.1, -0.05) is 166 Å². The van der Waals surface area contributed by atoms with Crippen LogP contribution in [-0.2, 0) is 5.41 Å². The van der Waals surface area contributed by atoms with Crippen molar-refractivity contribution in [3.8, 4) is 67.1 Å². The average molecular weight is 680 g/mol. The molecule has 0 unspecified atom stereocenters. The molecule has 2 heteroatoms. The van der Waals surface area contributed by atoms with E-state index in [-0.39, 0.29) is 5.41 Å². The predicted octanol–water partition coefficient (Wildman–Crippen LogP) is 14.2. The minimum absolute atomic E-state index is 0.138. The Morgan fingerprint density at radius 3 is 1.74 bits per heavy atom. The first-order valence-electron chi connectivity index (χ1n) is 18.4. The Bertz CT molecular complexity index is 2660. The van der Waals surface area contributed by atoms with Gasteiger partial charge in [-0.3, -0.25) is 0 Å². The van der Waals surface area contributed by atoms with Gasteiger partial charge in [0.1, 0.15) is 5.75 Å². The third-order valence-corrected chi connectivity index (χ3v) is 11.1. The number of anilines is 3. The summed E-state index contributed by atoms with van der Waals surface area (Å²) in [5.74, 6) is 1.68. The van der Waals surface area contributed by atoms with Gasteiger partial charge in [-0.15, -0.1) is 0 Å². The number of hydrogen-bond acceptors (Lipinski definition) is 2. The highest BCUT2D eigenvalue weighted by Gasteiger charge is 2.36. The molecule has 0 aromatic heterocycles. The zero-order valence-corrected chi connectivity index (χ0v) is 29.8. The second-order valence-electron chi connectivity index (χ2n) is 14.5. The molecule has 1 aliphatic heterocycles. The summed E-state index contributed by atoms with van der Waals surface area (Å²) in [6.45, 7) is 4.69. The largest absolute Gasteiger partial charge is 0.454 e. The van der Waals surface area contributed by atoms with Crippen LogP contribution in [0.5, 0.6) is 11.5 Å². The Morgan fingerprint density at radius 1 is 0.396 bits per heavy atom. The van der Waals surface area contributed by atoms with Crippen LogP contribution in [0.25, 0.3) is 55.6 Å². The van der Waals surface area contributed by atoms with Crippen molar-refractivity contribution in [1.82, 2.24) is 0 Å². The third-order valence-electron chi connectivity index (χ3n) is 11.1. The number of benzene rings is 8. The smallest absolute Gasteiger partial charge is 0.159 e. The molecule has 0 radical (unpaired) electrons. The van der Waals surface area contributed by atoms with Gasteiger partial charge in [-0.05, 0) is 92.0 Å². The number of ether oxygens (including phenoxy) is 1. The second-order valence-corrected chi connectivity index (χ2v) is 14.5. The first-order chi connectivity index (χ1) is 26.1. The summed E-state index contributed by atoms with van der Waals surface area (Å²) >= 11 is 0. The molecule has 0 spiro atoms. The number of fused-ring (bicyclic) bond motifs is 8. The van der Waals surface area contributed by atoms with Crippen molar-refractivity contribution in [3.63, 3.8) is 0 Å². The number of hydrogen-bond donors (Lipinski definition) is 0. The number of rotatable bonds is 5. The maximum absolute atomic E-state index is 7.24. The van der Waals surface area contributed by atoms with Crippen molar-refractivity contribution in [2.45, 2.75) is 19.3 Å². The van der Waals surface area contributed by atoms with Crippen LogP contribution < -0.4 is 9.64 Å². The molecule has 0 fully saturated rings. The lowest BCUT2D eigenvalue weighted by atomic mass is 9.82. The van der Waals surface area contributed by atoms with Gasteiger partial charge in [-0.2, -0.15) is 0 Å². The van der Waals surface area contributed by atoms with E-state index >= 15 is 0 Å². The Hall–Kier alpha value is -6.64. The fourth-order valence-corrected chi connectivity index (χ4v) is 8.51. The van der Waals surface area contributed by atoms with Gasteiger partial charge in [0.25, 0.3) is 0 Å². The van der Waals surface area contributed by atoms with Crippen LogP contribution >= 0.6 is 0 Å². The molecule has 8 aromatic rings. The normalized spacial score (nSPS) is 13.0. The molecular formula is C51H37NO. The van der Waals surface area contributed by atoms with Crippen LogP contribution in [0.2, 0.25) is 0 Å². The molecule has 0 saturated carbocycles. The lowest BCUT2D eigenvalue weighted by Crippen LogP contribution is -2.17. The van der Waals surface area contributed by atoms with E-state index < -0.39 is 0 Å². The fraction of sp³-hybridized carbons (Fsp3) is 0.0588. The first-order valence-corrected chi connectivity index (χ1v) is 18.4. The van der Waals surface area contributed by atoms with E-state index in [2.05, 4.69) is 207 Å².